The Bertz CT molecular complexity index is 443. The smallest absolute Gasteiger partial charge is 0.254 e. The number of nitrogen functional groups attached to an aromatic ring is 1. The van der Waals surface area contributed by atoms with E-state index in [1.807, 2.05) is 6.92 Å². The predicted molar refractivity (Wildman–Crippen MR) is 69.7 cm³/mol. The van der Waals surface area contributed by atoms with Gasteiger partial charge in [0.15, 0.2) is 0 Å². The molecule has 3 nitrogen and oxygen atoms in total. The summed E-state index contributed by atoms with van der Waals surface area (Å²) in [6.45, 7) is 2.03. The summed E-state index contributed by atoms with van der Waals surface area (Å²) in [4.78, 5) is 12.0. The topological polar surface area (TPSA) is 55.1 Å². The Morgan fingerprint density at radius 1 is 1.56 bits per heavy atom. The maximum Gasteiger partial charge on any atom is 0.254 e. The van der Waals surface area contributed by atoms with Gasteiger partial charge in [0.2, 0.25) is 0 Å². The predicted octanol–water partition coefficient (Wildman–Crippen LogP) is 2.72. The Morgan fingerprint density at radius 2 is 2.28 bits per heavy atom. The molecular formula is C14H19FN2O. The second-order valence-corrected chi connectivity index (χ2v) is 5.00. The normalized spacial score (nSPS) is 16.3. The highest BCUT2D eigenvalue weighted by atomic mass is 19.1. The van der Waals surface area contributed by atoms with Crippen molar-refractivity contribution >= 4 is 11.6 Å². The van der Waals surface area contributed by atoms with Crippen LogP contribution in [0.5, 0.6) is 0 Å². The van der Waals surface area contributed by atoms with Crippen LogP contribution in [-0.4, -0.2) is 11.9 Å². The van der Waals surface area contributed by atoms with E-state index in [2.05, 4.69) is 5.32 Å². The Labute approximate surface area is 107 Å². The quantitative estimate of drug-likeness (QED) is 0.789. The zero-order valence-corrected chi connectivity index (χ0v) is 10.6. The van der Waals surface area contributed by atoms with Crippen molar-refractivity contribution in [3.8, 4) is 0 Å². The molecule has 0 bridgehead atoms. The number of hydrogen-bond acceptors (Lipinski definition) is 2. The zero-order valence-electron chi connectivity index (χ0n) is 10.6. The Morgan fingerprint density at radius 3 is 2.89 bits per heavy atom. The fourth-order valence-corrected chi connectivity index (χ4v) is 2.06. The van der Waals surface area contributed by atoms with Gasteiger partial charge in [-0.3, -0.25) is 4.79 Å². The molecule has 1 unspecified atom stereocenters. The lowest BCUT2D eigenvalue weighted by molar-refractivity contribution is 0.0928. The second kappa shape index (κ2) is 5.38. The summed E-state index contributed by atoms with van der Waals surface area (Å²) >= 11 is 0. The first-order chi connectivity index (χ1) is 8.60. The van der Waals surface area contributed by atoms with Crippen molar-refractivity contribution in [2.75, 3.05) is 5.73 Å². The van der Waals surface area contributed by atoms with E-state index in [4.69, 9.17) is 5.73 Å². The van der Waals surface area contributed by atoms with Gasteiger partial charge in [-0.05, 0) is 37.0 Å². The molecule has 0 heterocycles. The summed E-state index contributed by atoms with van der Waals surface area (Å²) in [7, 11) is 0. The van der Waals surface area contributed by atoms with E-state index in [9.17, 15) is 9.18 Å². The molecule has 1 amide bonds. The van der Waals surface area contributed by atoms with Gasteiger partial charge in [0.25, 0.3) is 5.91 Å². The molecule has 1 aliphatic rings. The first kappa shape index (κ1) is 12.9. The number of carbonyl (C=O) groups excluding carboxylic acids is 1. The van der Waals surface area contributed by atoms with Crippen LogP contribution in [0.15, 0.2) is 18.2 Å². The molecule has 1 aliphatic carbocycles. The van der Waals surface area contributed by atoms with E-state index in [0.29, 0.717) is 5.69 Å². The summed E-state index contributed by atoms with van der Waals surface area (Å²) in [6, 6.07) is 4.19. The number of rotatable bonds is 5. The SMILES string of the molecule is CCC(CC1CC1)NC(=O)c1cc(N)ccc1F. The van der Waals surface area contributed by atoms with Gasteiger partial charge in [0.05, 0.1) is 5.56 Å². The van der Waals surface area contributed by atoms with E-state index >= 15 is 0 Å². The number of carbonyl (C=O) groups is 1. The molecule has 0 aromatic heterocycles. The molecule has 0 aliphatic heterocycles. The van der Waals surface area contributed by atoms with Gasteiger partial charge in [-0.2, -0.15) is 0 Å². The van der Waals surface area contributed by atoms with Crippen molar-refractivity contribution in [2.24, 2.45) is 5.92 Å². The number of amides is 1. The second-order valence-electron chi connectivity index (χ2n) is 5.00. The maximum atomic E-state index is 13.5. The molecule has 1 atom stereocenters. The van der Waals surface area contributed by atoms with E-state index in [-0.39, 0.29) is 17.5 Å². The van der Waals surface area contributed by atoms with Gasteiger partial charge >= 0.3 is 0 Å². The lowest BCUT2D eigenvalue weighted by Gasteiger charge is -2.17. The Hall–Kier alpha value is -1.58. The summed E-state index contributed by atoms with van der Waals surface area (Å²) in [5, 5.41) is 2.89. The number of benzene rings is 1. The van der Waals surface area contributed by atoms with Crippen LogP contribution in [0.2, 0.25) is 0 Å². The largest absolute Gasteiger partial charge is 0.399 e. The highest BCUT2D eigenvalue weighted by Gasteiger charge is 2.26. The average molecular weight is 250 g/mol. The minimum atomic E-state index is -0.525. The van der Waals surface area contributed by atoms with Gasteiger partial charge in [-0.25, -0.2) is 4.39 Å². The zero-order chi connectivity index (χ0) is 13.1. The summed E-state index contributed by atoms with van der Waals surface area (Å²) in [6.07, 6.45) is 4.36. The lowest BCUT2D eigenvalue weighted by atomic mass is 10.1. The number of hydrogen-bond donors (Lipinski definition) is 2. The molecule has 1 saturated carbocycles. The standard InChI is InChI=1S/C14H19FN2O/c1-2-11(7-9-3-4-9)17-14(18)12-8-10(16)5-6-13(12)15/h5-6,8-9,11H,2-4,7,16H2,1H3,(H,17,18). The van der Waals surface area contributed by atoms with E-state index in [1.165, 1.54) is 31.0 Å². The average Bonchev–Trinajstić information content (AvgIpc) is 3.15. The van der Waals surface area contributed by atoms with Crippen molar-refractivity contribution in [1.82, 2.24) is 5.32 Å². The third-order valence-electron chi connectivity index (χ3n) is 3.38. The van der Waals surface area contributed by atoms with Crippen LogP contribution in [0.4, 0.5) is 10.1 Å². The molecule has 0 spiro atoms. The number of anilines is 1. The number of halogens is 1. The molecular weight excluding hydrogens is 231 g/mol. The molecule has 18 heavy (non-hydrogen) atoms. The first-order valence-corrected chi connectivity index (χ1v) is 6.46. The summed E-state index contributed by atoms with van der Waals surface area (Å²) < 4.78 is 13.5. The van der Waals surface area contributed by atoms with Crippen LogP contribution in [0.3, 0.4) is 0 Å². The third-order valence-corrected chi connectivity index (χ3v) is 3.38. The highest BCUT2D eigenvalue weighted by molar-refractivity contribution is 5.95. The van der Waals surface area contributed by atoms with Crippen molar-refractivity contribution in [3.05, 3.63) is 29.6 Å². The van der Waals surface area contributed by atoms with Crippen LogP contribution < -0.4 is 11.1 Å². The molecule has 0 radical (unpaired) electrons. The maximum absolute atomic E-state index is 13.5. The summed E-state index contributed by atoms with van der Waals surface area (Å²) in [5.41, 5.74) is 6.00. The molecule has 98 valence electrons. The van der Waals surface area contributed by atoms with Gasteiger partial charge < -0.3 is 11.1 Å². The van der Waals surface area contributed by atoms with E-state index < -0.39 is 5.82 Å². The van der Waals surface area contributed by atoms with Crippen LogP contribution in [-0.2, 0) is 0 Å². The van der Waals surface area contributed by atoms with Crippen molar-refractivity contribution < 1.29 is 9.18 Å². The fraction of sp³-hybridized carbons (Fsp3) is 0.500. The fourth-order valence-electron chi connectivity index (χ4n) is 2.06. The molecule has 4 heteroatoms. The molecule has 3 N–H and O–H groups in total. The van der Waals surface area contributed by atoms with Crippen LogP contribution >= 0.6 is 0 Å². The molecule has 1 fully saturated rings. The highest BCUT2D eigenvalue weighted by Crippen LogP contribution is 2.34. The molecule has 1 aromatic carbocycles. The minimum Gasteiger partial charge on any atom is -0.399 e. The molecule has 1 aromatic rings. The van der Waals surface area contributed by atoms with Crippen molar-refractivity contribution in [3.63, 3.8) is 0 Å². The van der Waals surface area contributed by atoms with Crippen molar-refractivity contribution in [2.45, 2.75) is 38.6 Å². The lowest BCUT2D eigenvalue weighted by Crippen LogP contribution is -2.35. The molecule has 0 saturated heterocycles. The van der Waals surface area contributed by atoms with Crippen molar-refractivity contribution in [1.29, 1.82) is 0 Å². The minimum absolute atomic E-state index is 0.0317. The third kappa shape index (κ3) is 3.22. The van der Waals surface area contributed by atoms with Crippen LogP contribution in [0.1, 0.15) is 43.0 Å². The number of nitrogens with two attached hydrogens (primary N) is 1. The van der Waals surface area contributed by atoms with E-state index in [1.54, 1.807) is 0 Å². The number of nitrogens with one attached hydrogen (secondary N) is 1. The Kier molecular flexibility index (Phi) is 3.84. The van der Waals surface area contributed by atoms with Crippen LogP contribution in [0.25, 0.3) is 0 Å². The van der Waals surface area contributed by atoms with Gasteiger partial charge in [-0.15, -0.1) is 0 Å². The Balaban J connectivity index is 2.02. The van der Waals surface area contributed by atoms with E-state index in [0.717, 1.165) is 18.8 Å². The first-order valence-electron chi connectivity index (χ1n) is 6.46. The van der Waals surface area contributed by atoms with Crippen LogP contribution in [0, 0.1) is 11.7 Å². The van der Waals surface area contributed by atoms with Gasteiger partial charge in [0.1, 0.15) is 5.82 Å². The summed E-state index contributed by atoms with van der Waals surface area (Å²) in [5.74, 6) is -0.156. The molecule has 2 rings (SSSR count). The monoisotopic (exact) mass is 250 g/mol. The van der Waals surface area contributed by atoms with Gasteiger partial charge in [0, 0.05) is 11.7 Å². The van der Waals surface area contributed by atoms with Gasteiger partial charge in [-0.1, -0.05) is 19.8 Å².